The smallest absolute Gasteiger partial charge is 0.0931 e. The molecule has 5 rings (SSSR count). The summed E-state index contributed by atoms with van der Waals surface area (Å²) in [4.78, 5) is 7.07. The summed E-state index contributed by atoms with van der Waals surface area (Å²) in [5, 5.41) is 0. The van der Waals surface area contributed by atoms with Gasteiger partial charge in [0.2, 0.25) is 0 Å². The van der Waals surface area contributed by atoms with Gasteiger partial charge in [-0.2, -0.15) is 0 Å². The molecule has 0 unspecified atom stereocenters. The number of benzene rings is 3. The Kier molecular flexibility index (Phi) is 3.20. The summed E-state index contributed by atoms with van der Waals surface area (Å²) in [6.07, 6.45) is 2.80. The van der Waals surface area contributed by atoms with Crippen molar-refractivity contribution in [1.29, 1.82) is 0 Å². The second kappa shape index (κ2) is 5.49. The molecule has 106 valence electrons. The molecule has 1 aromatic heterocycles. The van der Waals surface area contributed by atoms with Crippen LogP contribution in [0.5, 0.6) is 0 Å². The second-order valence-corrected chi connectivity index (χ2v) is 5.41. The van der Waals surface area contributed by atoms with E-state index in [2.05, 4.69) is 58.5 Å². The maximum absolute atomic E-state index is 4.06. The maximum atomic E-state index is 4.06. The molecule has 4 aromatic rings. The van der Waals surface area contributed by atoms with Gasteiger partial charge in [0, 0.05) is 0 Å². The zero-order valence-electron chi connectivity index (χ0n) is 12.2. The molecule has 1 N–H and O–H groups in total. The zero-order chi connectivity index (χ0) is 14.8. The monoisotopic (exact) mass is 284 g/mol. The highest BCUT2D eigenvalue weighted by atomic mass is 14.9. The molecule has 0 atom stereocenters. The van der Waals surface area contributed by atoms with Gasteiger partial charge >= 0.3 is 0 Å². The minimum atomic E-state index is 1.03. The van der Waals surface area contributed by atoms with Gasteiger partial charge in [-0.15, -0.1) is 0 Å². The van der Waals surface area contributed by atoms with Crippen LogP contribution in [0.1, 0.15) is 11.1 Å². The summed E-state index contributed by atoms with van der Waals surface area (Å²) in [7, 11) is 0. The molecule has 3 aromatic carbocycles. The quantitative estimate of drug-likeness (QED) is 0.434. The topological polar surface area (TPSA) is 28.7 Å². The van der Waals surface area contributed by atoms with Crippen LogP contribution in [0.15, 0.2) is 79.1 Å². The second-order valence-electron chi connectivity index (χ2n) is 5.41. The van der Waals surface area contributed by atoms with Crippen LogP contribution < -0.4 is 0 Å². The first kappa shape index (κ1) is 12.8. The predicted octanol–water partition coefficient (Wildman–Crippen LogP) is 4.82. The van der Waals surface area contributed by atoms with Crippen LogP contribution in [-0.4, -0.2) is 9.97 Å². The number of rotatable bonds is 0. The molecule has 2 nitrogen and oxygen atoms in total. The Morgan fingerprint density at radius 1 is 0.682 bits per heavy atom. The molecular formula is C20H16N2. The van der Waals surface area contributed by atoms with Crippen molar-refractivity contribution in [1.82, 2.24) is 9.97 Å². The third-order valence-corrected chi connectivity index (χ3v) is 4.03. The van der Waals surface area contributed by atoms with Gasteiger partial charge in [-0.1, -0.05) is 60.7 Å². The highest BCUT2D eigenvalue weighted by Gasteiger charge is 2.15. The van der Waals surface area contributed by atoms with Crippen molar-refractivity contribution in [3.63, 3.8) is 0 Å². The van der Waals surface area contributed by atoms with E-state index >= 15 is 0 Å². The van der Waals surface area contributed by atoms with E-state index in [0.717, 1.165) is 17.5 Å². The molecule has 0 spiro atoms. The molecule has 0 amide bonds. The lowest BCUT2D eigenvalue weighted by molar-refractivity contribution is 1.26. The Bertz CT molecular complexity index is 848. The van der Waals surface area contributed by atoms with E-state index in [1.165, 1.54) is 22.3 Å². The van der Waals surface area contributed by atoms with Crippen molar-refractivity contribution in [3.8, 4) is 11.1 Å². The lowest BCUT2D eigenvalue weighted by Gasteiger charge is -1.98. The molecule has 2 heteroatoms. The lowest BCUT2D eigenvalue weighted by Crippen LogP contribution is -1.77. The van der Waals surface area contributed by atoms with E-state index in [-0.39, 0.29) is 0 Å². The Labute approximate surface area is 129 Å². The van der Waals surface area contributed by atoms with Crippen LogP contribution in [0.2, 0.25) is 0 Å². The van der Waals surface area contributed by atoms with E-state index in [1.54, 1.807) is 6.33 Å². The van der Waals surface area contributed by atoms with E-state index < -0.39 is 0 Å². The number of aromatic nitrogens is 2. The fourth-order valence-corrected chi connectivity index (χ4v) is 2.96. The number of nitrogens with zero attached hydrogens (tertiary/aromatic N) is 1. The third-order valence-electron chi connectivity index (χ3n) is 4.03. The van der Waals surface area contributed by atoms with E-state index in [1.807, 2.05) is 24.3 Å². The van der Waals surface area contributed by atoms with Crippen LogP contribution in [0, 0.1) is 0 Å². The highest BCUT2D eigenvalue weighted by Crippen LogP contribution is 2.35. The Morgan fingerprint density at radius 3 is 1.95 bits per heavy atom. The fourth-order valence-electron chi connectivity index (χ4n) is 2.96. The molecular weight excluding hydrogens is 268 g/mol. The number of para-hydroxylation sites is 2. The van der Waals surface area contributed by atoms with Crippen LogP contribution in [0.3, 0.4) is 0 Å². The summed E-state index contributed by atoms with van der Waals surface area (Å²) in [6.45, 7) is 0. The maximum Gasteiger partial charge on any atom is 0.0931 e. The average Bonchev–Trinajstić information content (AvgIpc) is 3.19. The molecule has 0 saturated carbocycles. The molecule has 0 bridgehead atoms. The minimum absolute atomic E-state index is 1.03. The summed E-state index contributed by atoms with van der Waals surface area (Å²) in [6, 6.07) is 25.3. The van der Waals surface area contributed by atoms with Gasteiger partial charge < -0.3 is 4.98 Å². The van der Waals surface area contributed by atoms with E-state index in [4.69, 9.17) is 0 Å². The van der Waals surface area contributed by atoms with Crippen molar-refractivity contribution in [2.45, 2.75) is 6.42 Å². The largest absolute Gasteiger partial charge is 0.345 e. The first-order chi connectivity index (χ1) is 10.9. The summed E-state index contributed by atoms with van der Waals surface area (Å²) in [5.41, 5.74) is 7.87. The highest BCUT2D eigenvalue weighted by molar-refractivity contribution is 5.76. The van der Waals surface area contributed by atoms with Crippen LogP contribution in [-0.2, 0) is 6.42 Å². The standard InChI is InChI=1S/C13H10.C7H6N2/c1-3-7-12-10(5-1)9-11-6-2-4-8-13(11)12;1-2-4-7-6(3-1)8-5-9-7/h1-8H,9H2;1-5H,(H,8,9). The number of fused-ring (bicyclic) bond motifs is 4. The molecule has 22 heavy (non-hydrogen) atoms. The molecule has 1 aliphatic carbocycles. The number of aromatic amines is 1. The zero-order valence-corrected chi connectivity index (χ0v) is 12.2. The van der Waals surface area contributed by atoms with Crippen molar-refractivity contribution in [3.05, 3.63) is 90.3 Å². The van der Waals surface area contributed by atoms with Crippen LogP contribution in [0.25, 0.3) is 22.2 Å². The fraction of sp³-hybridized carbons (Fsp3) is 0.0500. The van der Waals surface area contributed by atoms with Gasteiger partial charge in [0.25, 0.3) is 0 Å². The van der Waals surface area contributed by atoms with E-state index in [9.17, 15) is 0 Å². The molecule has 1 aliphatic rings. The van der Waals surface area contributed by atoms with E-state index in [0.29, 0.717) is 0 Å². The SMILES string of the molecule is c1ccc2[nH]cnc2c1.c1ccc2c(c1)Cc1ccccc1-2. The summed E-state index contributed by atoms with van der Waals surface area (Å²) < 4.78 is 0. The number of H-pyrrole nitrogens is 1. The number of hydrogen-bond donors (Lipinski definition) is 1. The molecule has 0 radical (unpaired) electrons. The van der Waals surface area contributed by atoms with Gasteiger partial charge in [0.05, 0.1) is 17.4 Å². The Morgan fingerprint density at radius 2 is 1.27 bits per heavy atom. The normalized spacial score (nSPS) is 11.5. The van der Waals surface area contributed by atoms with Crippen molar-refractivity contribution in [2.24, 2.45) is 0 Å². The van der Waals surface area contributed by atoms with Crippen LogP contribution in [0.4, 0.5) is 0 Å². The first-order valence-corrected chi connectivity index (χ1v) is 7.46. The number of hydrogen-bond acceptors (Lipinski definition) is 1. The predicted molar refractivity (Wildman–Crippen MR) is 90.8 cm³/mol. The van der Waals surface area contributed by atoms with Crippen LogP contribution >= 0.6 is 0 Å². The third kappa shape index (κ3) is 2.29. The minimum Gasteiger partial charge on any atom is -0.345 e. The van der Waals surface area contributed by atoms with Crippen molar-refractivity contribution >= 4 is 11.0 Å². The summed E-state index contributed by atoms with van der Waals surface area (Å²) in [5.74, 6) is 0. The number of nitrogens with one attached hydrogen (secondary N) is 1. The average molecular weight is 284 g/mol. The van der Waals surface area contributed by atoms with Gasteiger partial charge in [0.15, 0.2) is 0 Å². The number of imidazole rings is 1. The molecule has 0 saturated heterocycles. The van der Waals surface area contributed by atoms with Gasteiger partial charge in [-0.05, 0) is 40.8 Å². The molecule has 0 fully saturated rings. The first-order valence-electron chi connectivity index (χ1n) is 7.46. The van der Waals surface area contributed by atoms with Gasteiger partial charge in [-0.3, -0.25) is 0 Å². The Hall–Kier alpha value is -2.87. The van der Waals surface area contributed by atoms with Gasteiger partial charge in [-0.25, -0.2) is 4.98 Å². The van der Waals surface area contributed by atoms with Crippen molar-refractivity contribution < 1.29 is 0 Å². The molecule has 1 heterocycles. The molecule has 0 aliphatic heterocycles. The lowest BCUT2D eigenvalue weighted by atomic mass is 10.1. The van der Waals surface area contributed by atoms with Crippen molar-refractivity contribution in [2.75, 3.05) is 0 Å². The van der Waals surface area contributed by atoms with Gasteiger partial charge in [0.1, 0.15) is 0 Å². The Balaban J connectivity index is 0.000000122. The summed E-state index contributed by atoms with van der Waals surface area (Å²) >= 11 is 0.